The number of methoxy groups -OCH3 is 1. The minimum absolute atomic E-state index is 0. The first-order valence-electron chi connectivity index (χ1n) is 11.3. The van der Waals surface area contributed by atoms with Crippen molar-refractivity contribution in [3.05, 3.63) is 82.2 Å². The van der Waals surface area contributed by atoms with Crippen LogP contribution < -0.4 is 5.73 Å². The summed E-state index contributed by atoms with van der Waals surface area (Å²) in [6.45, 7) is 8.38. The topological polar surface area (TPSA) is 99.4 Å². The van der Waals surface area contributed by atoms with E-state index in [1.165, 1.54) is 31.4 Å². The Morgan fingerprint density at radius 3 is 2.06 bits per heavy atom. The second-order valence-corrected chi connectivity index (χ2v) is 10.9. The molecule has 9 heteroatoms. The fourth-order valence-electron chi connectivity index (χ4n) is 4.06. The third-order valence-electron chi connectivity index (χ3n) is 5.81. The van der Waals surface area contributed by atoms with Crippen molar-refractivity contribution >= 4 is 40.6 Å². The van der Waals surface area contributed by atoms with Crippen molar-refractivity contribution in [2.24, 2.45) is 11.7 Å². The Kier molecular flexibility index (Phi) is 11.6. The molecular weight excluding hydrogens is 519 g/mol. The highest BCUT2D eigenvalue weighted by molar-refractivity contribution is 7.90. The van der Waals surface area contributed by atoms with E-state index < -0.39 is 15.8 Å². The molecule has 196 valence electrons. The van der Waals surface area contributed by atoms with Crippen LogP contribution in [0.4, 0.5) is 0 Å². The van der Waals surface area contributed by atoms with Gasteiger partial charge >= 0.3 is 5.97 Å². The van der Waals surface area contributed by atoms with Gasteiger partial charge in [-0.3, -0.25) is 4.98 Å². The molecule has 3 rings (SSSR count). The van der Waals surface area contributed by atoms with E-state index in [1.54, 1.807) is 0 Å². The molecular formula is C27H34Cl2N2O4S. The Balaban J connectivity index is 0.00000324. The van der Waals surface area contributed by atoms with Crippen molar-refractivity contribution in [2.45, 2.75) is 51.3 Å². The van der Waals surface area contributed by atoms with Crippen molar-refractivity contribution in [3.8, 4) is 11.1 Å². The van der Waals surface area contributed by atoms with Crippen molar-refractivity contribution in [1.82, 2.24) is 4.98 Å². The number of hydrogen-bond acceptors (Lipinski definition) is 6. The lowest BCUT2D eigenvalue weighted by atomic mass is 9.90. The van der Waals surface area contributed by atoms with Gasteiger partial charge in [0.15, 0.2) is 9.84 Å². The summed E-state index contributed by atoms with van der Waals surface area (Å²) in [5.41, 5.74) is 12.5. The summed E-state index contributed by atoms with van der Waals surface area (Å²) < 4.78 is 31.6. The molecule has 0 saturated carbocycles. The summed E-state index contributed by atoms with van der Waals surface area (Å²) in [7, 11) is -2.43. The molecule has 2 aromatic carbocycles. The van der Waals surface area contributed by atoms with Gasteiger partial charge < -0.3 is 10.5 Å². The molecule has 0 aliphatic heterocycles. The molecule has 0 unspecified atom stereocenters. The number of pyridine rings is 1. The maximum absolute atomic E-state index is 13.4. The van der Waals surface area contributed by atoms with Crippen LogP contribution in [-0.2, 0) is 33.3 Å². The maximum atomic E-state index is 13.4. The number of aromatic nitrogens is 1. The van der Waals surface area contributed by atoms with Crippen LogP contribution in [0.15, 0.2) is 53.4 Å². The average Bonchev–Trinajstić information content (AvgIpc) is 2.80. The van der Waals surface area contributed by atoms with Crippen LogP contribution in [0.25, 0.3) is 11.1 Å². The molecule has 1 aromatic heterocycles. The first-order valence-corrected chi connectivity index (χ1v) is 12.9. The SMILES string of the molecule is COC(=O)c1ccc(S(=O)(=O)Cc2c(C)nc(CC(C)C)c(CN)c2-c2ccc(C)cc2)cc1.Cl.Cl. The molecule has 0 saturated heterocycles. The Bertz CT molecular complexity index is 1290. The van der Waals surface area contributed by atoms with Gasteiger partial charge in [0.25, 0.3) is 0 Å². The lowest BCUT2D eigenvalue weighted by Crippen LogP contribution is -2.15. The van der Waals surface area contributed by atoms with Crippen molar-refractivity contribution in [1.29, 1.82) is 0 Å². The minimum Gasteiger partial charge on any atom is -0.465 e. The van der Waals surface area contributed by atoms with Crippen LogP contribution in [0.5, 0.6) is 0 Å². The molecule has 0 bridgehead atoms. The summed E-state index contributed by atoms with van der Waals surface area (Å²) in [4.78, 5) is 16.7. The predicted octanol–water partition coefficient (Wildman–Crippen LogP) is 5.63. The van der Waals surface area contributed by atoms with E-state index in [0.717, 1.165) is 34.4 Å². The highest BCUT2D eigenvalue weighted by Gasteiger charge is 2.25. The number of nitrogens with two attached hydrogens (primary N) is 1. The van der Waals surface area contributed by atoms with Crippen LogP contribution in [0.1, 0.15) is 52.3 Å². The standard InChI is InChI=1S/C27H32N2O4S.2ClH/c1-17(2)14-25-23(15-28)26(20-8-6-18(3)7-9-20)24(19(4)29-25)16-34(31,32)22-12-10-21(11-13-22)27(30)33-5;;/h6-13,17H,14-16,28H2,1-5H3;2*1H. The average molecular weight is 554 g/mol. The summed E-state index contributed by atoms with van der Waals surface area (Å²) in [5, 5.41) is 0. The van der Waals surface area contributed by atoms with Gasteiger partial charge in [0.1, 0.15) is 0 Å². The lowest BCUT2D eigenvalue weighted by molar-refractivity contribution is 0.0600. The van der Waals surface area contributed by atoms with E-state index in [9.17, 15) is 13.2 Å². The zero-order chi connectivity index (χ0) is 25.0. The van der Waals surface area contributed by atoms with Gasteiger partial charge in [-0.2, -0.15) is 0 Å². The molecule has 0 aliphatic rings. The van der Waals surface area contributed by atoms with E-state index in [2.05, 4.69) is 13.8 Å². The lowest BCUT2D eigenvalue weighted by Gasteiger charge is -2.21. The van der Waals surface area contributed by atoms with Crippen molar-refractivity contribution < 1.29 is 17.9 Å². The number of benzene rings is 2. The number of carbonyl (C=O) groups excluding carboxylic acids is 1. The molecule has 0 spiro atoms. The number of halogens is 2. The van der Waals surface area contributed by atoms with Crippen LogP contribution in [0.2, 0.25) is 0 Å². The number of esters is 1. The van der Waals surface area contributed by atoms with Gasteiger partial charge in [-0.15, -0.1) is 24.8 Å². The molecule has 1 heterocycles. The van der Waals surface area contributed by atoms with E-state index in [-0.39, 0.29) is 42.0 Å². The predicted molar refractivity (Wildman–Crippen MR) is 149 cm³/mol. The van der Waals surface area contributed by atoms with Crippen LogP contribution in [-0.4, -0.2) is 26.5 Å². The summed E-state index contributed by atoms with van der Waals surface area (Å²) in [6.07, 6.45) is 0.758. The molecule has 0 fully saturated rings. The maximum Gasteiger partial charge on any atom is 0.337 e. The van der Waals surface area contributed by atoms with Crippen LogP contribution >= 0.6 is 24.8 Å². The first kappa shape index (κ1) is 31.6. The minimum atomic E-state index is -3.72. The van der Waals surface area contributed by atoms with Crippen LogP contribution in [0.3, 0.4) is 0 Å². The van der Waals surface area contributed by atoms with Crippen molar-refractivity contribution in [2.75, 3.05) is 7.11 Å². The van der Waals surface area contributed by atoms with Crippen LogP contribution in [0, 0.1) is 19.8 Å². The molecule has 36 heavy (non-hydrogen) atoms. The first-order chi connectivity index (χ1) is 16.1. The van der Waals surface area contributed by atoms with Gasteiger partial charge in [0.05, 0.1) is 23.3 Å². The molecule has 3 aromatic rings. The zero-order valence-corrected chi connectivity index (χ0v) is 23.6. The third-order valence-corrected chi connectivity index (χ3v) is 7.47. The van der Waals surface area contributed by atoms with Gasteiger partial charge in [0.2, 0.25) is 0 Å². The highest BCUT2D eigenvalue weighted by Crippen LogP contribution is 2.34. The Morgan fingerprint density at radius 2 is 1.56 bits per heavy atom. The Morgan fingerprint density at radius 1 is 0.972 bits per heavy atom. The quantitative estimate of drug-likeness (QED) is 0.363. The monoisotopic (exact) mass is 552 g/mol. The normalized spacial score (nSPS) is 11.0. The largest absolute Gasteiger partial charge is 0.465 e. The molecule has 0 aliphatic carbocycles. The van der Waals surface area contributed by atoms with E-state index in [4.69, 9.17) is 15.5 Å². The number of hydrogen-bond donors (Lipinski definition) is 1. The fraction of sp³-hybridized carbons (Fsp3) is 0.333. The van der Waals surface area contributed by atoms with Gasteiger partial charge in [-0.1, -0.05) is 43.7 Å². The molecule has 0 atom stereocenters. The highest BCUT2D eigenvalue weighted by atomic mass is 35.5. The molecule has 6 nitrogen and oxygen atoms in total. The fourth-order valence-corrected chi connectivity index (χ4v) is 5.51. The zero-order valence-electron chi connectivity index (χ0n) is 21.2. The van der Waals surface area contributed by atoms with E-state index in [0.29, 0.717) is 22.7 Å². The Labute approximate surface area is 226 Å². The number of aryl methyl sites for hydroxylation is 2. The van der Waals surface area contributed by atoms with E-state index in [1.807, 2.05) is 38.1 Å². The molecule has 2 N–H and O–H groups in total. The number of nitrogens with zero attached hydrogens (tertiary/aromatic N) is 1. The Hall–Kier alpha value is -2.45. The van der Waals surface area contributed by atoms with Crippen molar-refractivity contribution in [3.63, 3.8) is 0 Å². The third kappa shape index (κ3) is 7.07. The summed E-state index contributed by atoms with van der Waals surface area (Å²) >= 11 is 0. The number of ether oxygens (including phenoxy) is 1. The second kappa shape index (κ2) is 13.2. The molecule has 0 amide bonds. The van der Waals surface area contributed by atoms with Gasteiger partial charge in [-0.25, -0.2) is 13.2 Å². The number of sulfone groups is 1. The number of carbonyl (C=O) groups is 1. The van der Waals surface area contributed by atoms with Gasteiger partial charge in [-0.05, 0) is 72.7 Å². The summed E-state index contributed by atoms with van der Waals surface area (Å²) in [5.74, 6) is -0.355. The molecule has 0 radical (unpaired) electrons. The summed E-state index contributed by atoms with van der Waals surface area (Å²) in [6, 6.07) is 13.8. The number of rotatable bonds is 8. The van der Waals surface area contributed by atoms with E-state index >= 15 is 0 Å². The van der Waals surface area contributed by atoms with Gasteiger partial charge in [0, 0.05) is 17.9 Å². The second-order valence-electron chi connectivity index (χ2n) is 8.92. The smallest absolute Gasteiger partial charge is 0.337 e.